The third kappa shape index (κ3) is 4.16. The van der Waals surface area contributed by atoms with Gasteiger partial charge in [0.05, 0.1) is 13.2 Å². The van der Waals surface area contributed by atoms with Crippen molar-refractivity contribution in [1.29, 1.82) is 0 Å². The molecule has 0 aromatic heterocycles. The Labute approximate surface area is 166 Å². The monoisotopic (exact) mass is 378 g/mol. The summed E-state index contributed by atoms with van der Waals surface area (Å²) >= 11 is 0. The minimum atomic E-state index is -0.851. The highest BCUT2D eigenvalue weighted by molar-refractivity contribution is 6.10. The summed E-state index contributed by atoms with van der Waals surface area (Å²) in [6.07, 6.45) is 2.18. The van der Waals surface area contributed by atoms with Crippen LogP contribution in [0.15, 0.2) is 54.6 Å². The van der Waals surface area contributed by atoms with E-state index in [1.54, 1.807) is 13.0 Å². The largest absolute Gasteiger partial charge is 0.494 e. The van der Waals surface area contributed by atoms with Crippen molar-refractivity contribution in [2.75, 3.05) is 13.2 Å². The van der Waals surface area contributed by atoms with Gasteiger partial charge in [-0.05, 0) is 56.0 Å². The summed E-state index contributed by atoms with van der Waals surface area (Å²) in [7, 11) is 0. The second-order valence-electron chi connectivity index (χ2n) is 6.95. The normalized spacial score (nSPS) is 19.1. The first kappa shape index (κ1) is 19.9. The molecule has 0 unspecified atom stereocenters. The van der Waals surface area contributed by atoms with E-state index >= 15 is 0 Å². The molecule has 0 aliphatic heterocycles. The van der Waals surface area contributed by atoms with E-state index in [0.29, 0.717) is 18.8 Å². The quantitative estimate of drug-likeness (QED) is 0.539. The predicted octanol–water partition coefficient (Wildman–Crippen LogP) is 4.71. The van der Waals surface area contributed by atoms with Gasteiger partial charge < -0.3 is 9.47 Å². The predicted molar refractivity (Wildman–Crippen MR) is 109 cm³/mol. The highest BCUT2D eigenvalue weighted by atomic mass is 16.5. The van der Waals surface area contributed by atoms with Gasteiger partial charge in [0.25, 0.3) is 0 Å². The van der Waals surface area contributed by atoms with Gasteiger partial charge in [-0.15, -0.1) is 0 Å². The number of benzene rings is 2. The van der Waals surface area contributed by atoms with E-state index in [2.05, 4.69) is 0 Å². The van der Waals surface area contributed by atoms with E-state index in [9.17, 15) is 9.59 Å². The van der Waals surface area contributed by atoms with Crippen molar-refractivity contribution in [3.05, 3.63) is 71.3 Å². The van der Waals surface area contributed by atoms with Crippen molar-refractivity contribution in [3.8, 4) is 5.75 Å². The number of para-hydroxylation sites is 1. The lowest BCUT2D eigenvalue weighted by Crippen LogP contribution is -2.34. The number of ether oxygens (including phenoxy) is 2. The van der Waals surface area contributed by atoms with Crippen LogP contribution < -0.4 is 4.74 Å². The standard InChI is InChI=1S/C24H26O4/c1-4-27-22-9-7-6-8-19(22)20-14-18(17-12-10-16(3)11-13-17)15-21(25)23(20)24(26)28-5-2/h6-13,15,20,23H,4-5,14H2,1-3H3/t20-,23+/m1/s1. The SMILES string of the molecule is CCOC(=O)[C@@H]1C(=O)C=C(c2ccc(C)cc2)C[C@@H]1c1ccccc1OCC. The second-order valence-corrected chi connectivity index (χ2v) is 6.95. The van der Waals surface area contributed by atoms with Crippen molar-refractivity contribution in [1.82, 2.24) is 0 Å². The van der Waals surface area contributed by atoms with E-state index in [0.717, 1.165) is 22.3 Å². The van der Waals surface area contributed by atoms with Crippen LogP contribution in [0.2, 0.25) is 0 Å². The van der Waals surface area contributed by atoms with E-state index in [1.807, 2.05) is 62.4 Å². The van der Waals surface area contributed by atoms with Gasteiger partial charge in [-0.1, -0.05) is 48.0 Å². The first-order chi connectivity index (χ1) is 13.5. The zero-order chi connectivity index (χ0) is 20.1. The summed E-state index contributed by atoms with van der Waals surface area (Å²) in [4.78, 5) is 25.6. The summed E-state index contributed by atoms with van der Waals surface area (Å²) in [5, 5.41) is 0. The Hall–Kier alpha value is -2.88. The Morgan fingerprint density at radius 1 is 1.04 bits per heavy atom. The molecule has 1 aliphatic carbocycles. The molecule has 4 heteroatoms. The maximum Gasteiger partial charge on any atom is 0.317 e. The maximum absolute atomic E-state index is 13.0. The minimum absolute atomic E-state index is 0.212. The number of esters is 1. The van der Waals surface area contributed by atoms with Crippen molar-refractivity contribution >= 4 is 17.3 Å². The van der Waals surface area contributed by atoms with Crippen LogP contribution >= 0.6 is 0 Å². The van der Waals surface area contributed by atoms with Crippen LogP contribution in [0.4, 0.5) is 0 Å². The van der Waals surface area contributed by atoms with Gasteiger partial charge in [0.2, 0.25) is 0 Å². The lowest BCUT2D eigenvalue weighted by molar-refractivity contribution is -0.151. The molecule has 1 aliphatic rings. The van der Waals surface area contributed by atoms with Gasteiger partial charge in [0.15, 0.2) is 5.78 Å². The van der Waals surface area contributed by atoms with E-state index in [1.165, 1.54) is 0 Å². The molecular weight excluding hydrogens is 352 g/mol. The number of carbonyl (C=O) groups excluding carboxylic acids is 2. The number of carbonyl (C=O) groups is 2. The Bertz CT molecular complexity index is 880. The fraction of sp³-hybridized carbons (Fsp3) is 0.333. The average Bonchev–Trinajstić information content (AvgIpc) is 2.69. The first-order valence-electron chi connectivity index (χ1n) is 9.75. The van der Waals surface area contributed by atoms with Gasteiger partial charge in [0, 0.05) is 5.92 Å². The Balaban J connectivity index is 2.05. The zero-order valence-electron chi connectivity index (χ0n) is 16.6. The lowest BCUT2D eigenvalue weighted by atomic mass is 9.73. The van der Waals surface area contributed by atoms with Crippen molar-refractivity contribution in [2.45, 2.75) is 33.1 Å². The van der Waals surface area contributed by atoms with Crippen LogP contribution in [0.3, 0.4) is 0 Å². The van der Waals surface area contributed by atoms with E-state index < -0.39 is 11.9 Å². The minimum Gasteiger partial charge on any atom is -0.494 e. The van der Waals surface area contributed by atoms with E-state index in [-0.39, 0.29) is 18.3 Å². The highest BCUT2D eigenvalue weighted by Gasteiger charge is 2.40. The molecule has 0 saturated heterocycles. The molecule has 0 bridgehead atoms. The molecule has 0 heterocycles. The van der Waals surface area contributed by atoms with Crippen LogP contribution in [0, 0.1) is 12.8 Å². The molecule has 0 radical (unpaired) electrons. The van der Waals surface area contributed by atoms with Crippen LogP contribution in [0.25, 0.3) is 5.57 Å². The number of aryl methyl sites for hydroxylation is 1. The summed E-state index contributed by atoms with van der Waals surface area (Å²) in [5.41, 5.74) is 3.96. The van der Waals surface area contributed by atoms with Crippen LogP contribution in [-0.4, -0.2) is 25.0 Å². The second kappa shape index (κ2) is 8.87. The summed E-state index contributed by atoms with van der Waals surface area (Å²) in [6.45, 7) is 6.46. The molecule has 2 aromatic carbocycles. The molecule has 2 atom stereocenters. The fourth-order valence-corrected chi connectivity index (χ4v) is 3.72. The maximum atomic E-state index is 13.0. The molecule has 28 heavy (non-hydrogen) atoms. The molecular formula is C24H26O4. The summed E-state index contributed by atoms with van der Waals surface area (Å²) in [5.74, 6) is -1.15. The zero-order valence-corrected chi connectivity index (χ0v) is 16.6. The van der Waals surface area contributed by atoms with Gasteiger partial charge in [0.1, 0.15) is 11.7 Å². The van der Waals surface area contributed by atoms with Crippen LogP contribution in [0.1, 0.15) is 42.9 Å². The molecule has 0 N–H and O–H groups in total. The third-order valence-corrected chi connectivity index (χ3v) is 5.05. The number of ketones is 1. The number of hydrogen-bond acceptors (Lipinski definition) is 4. The fourth-order valence-electron chi connectivity index (χ4n) is 3.72. The highest BCUT2D eigenvalue weighted by Crippen LogP contribution is 2.43. The third-order valence-electron chi connectivity index (χ3n) is 5.05. The Morgan fingerprint density at radius 2 is 1.75 bits per heavy atom. The van der Waals surface area contributed by atoms with Crippen molar-refractivity contribution in [2.24, 2.45) is 5.92 Å². The number of rotatable bonds is 6. The molecule has 0 spiro atoms. The van der Waals surface area contributed by atoms with Gasteiger partial charge in [-0.25, -0.2) is 0 Å². The van der Waals surface area contributed by atoms with Crippen LogP contribution in [-0.2, 0) is 14.3 Å². The average molecular weight is 378 g/mol. The number of hydrogen-bond donors (Lipinski definition) is 0. The van der Waals surface area contributed by atoms with E-state index in [4.69, 9.17) is 9.47 Å². The van der Waals surface area contributed by atoms with Gasteiger partial charge in [-0.3, -0.25) is 9.59 Å². The summed E-state index contributed by atoms with van der Waals surface area (Å²) in [6, 6.07) is 15.7. The van der Waals surface area contributed by atoms with Crippen LogP contribution in [0.5, 0.6) is 5.75 Å². The molecule has 2 aromatic rings. The molecule has 146 valence electrons. The molecule has 3 rings (SSSR count). The molecule has 4 nitrogen and oxygen atoms in total. The topological polar surface area (TPSA) is 52.6 Å². The van der Waals surface area contributed by atoms with Gasteiger partial charge in [-0.2, -0.15) is 0 Å². The Morgan fingerprint density at radius 3 is 2.43 bits per heavy atom. The van der Waals surface area contributed by atoms with Crippen molar-refractivity contribution in [3.63, 3.8) is 0 Å². The molecule has 0 saturated carbocycles. The lowest BCUT2D eigenvalue weighted by Gasteiger charge is -2.30. The van der Waals surface area contributed by atoms with Crippen molar-refractivity contribution < 1.29 is 19.1 Å². The Kier molecular flexibility index (Phi) is 6.30. The smallest absolute Gasteiger partial charge is 0.317 e. The number of allylic oxidation sites excluding steroid dienone is 2. The summed E-state index contributed by atoms with van der Waals surface area (Å²) < 4.78 is 11.0. The molecule has 0 amide bonds. The first-order valence-corrected chi connectivity index (χ1v) is 9.75. The molecule has 0 fully saturated rings. The van der Waals surface area contributed by atoms with Gasteiger partial charge >= 0.3 is 5.97 Å².